The molecule has 0 atom stereocenters. The molecule has 4 N–H and O–H groups in total. The fourth-order valence-corrected chi connectivity index (χ4v) is 6.23. The summed E-state index contributed by atoms with van der Waals surface area (Å²) in [7, 11) is -3.89. The normalized spacial score (nSPS) is 13.5. The minimum absolute atomic E-state index is 0.0502. The van der Waals surface area contributed by atoms with Gasteiger partial charge in [0, 0.05) is 28.9 Å². The van der Waals surface area contributed by atoms with Crippen molar-refractivity contribution in [3.8, 4) is 27.4 Å². The largest absolute Gasteiger partial charge is 0.374 e. The molecule has 12 heteroatoms. The van der Waals surface area contributed by atoms with Gasteiger partial charge in [0.2, 0.25) is 15.2 Å². The highest BCUT2D eigenvalue weighted by Crippen LogP contribution is 2.33. The first-order valence-corrected chi connectivity index (χ1v) is 14.4. The second kappa shape index (κ2) is 9.42. The second-order valence-electron chi connectivity index (χ2n) is 9.11. The maximum atomic E-state index is 13.9. The quantitative estimate of drug-likeness (QED) is 0.334. The number of fused-ring (bicyclic) bond motifs is 1. The van der Waals surface area contributed by atoms with E-state index in [1.54, 1.807) is 39.9 Å². The van der Waals surface area contributed by atoms with Crippen LogP contribution < -0.4 is 15.8 Å². The minimum atomic E-state index is -3.89. The number of hydrogen-bond donors (Lipinski definition) is 2. The summed E-state index contributed by atoms with van der Waals surface area (Å²) < 4.78 is 25.8. The predicted molar refractivity (Wildman–Crippen MR) is 150 cm³/mol. The number of primary sulfonamides is 1. The van der Waals surface area contributed by atoms with Crippen LogP contribution in [-0.2, 0) is 16.4 Å². The van der Waals surface area contributed by atoms with E-state index in [1.165, 1.54) is 17.4 Å². The molecule has 3 aromatic carbocycles. The van der Waals surface area contributed by atoms with Crippen LogP contribution in [0.2, 0.25) is 0 Å². The Hall–Kier alpha value is -4.39. The maximum Gasteiger partial charge on any atom is 0.277 e. The summed E-state index contributed by atoms with van der Waals surface area (Å²) in [5.41, 5.74) is 11.4. The Labute approximate surface area is 228 Å². The summed E-state index contributed by atoms with van der Waals surface area (Å²) >= 11 is 1.29. The Kier molecular flexibility index (Phi) is 6.02. The molecule has 0 saturated heterocycles. The summed E-state index contributed by atoms with van der Waals surface area (Å²) in [6.45, 7) is 2.40. The van der Waals surface area contributed by atoms with Gasteiger partial charge in [-0.25, -0.2) is 18.2 Å². The van der Waals surface area contributed by atoms with Gasteiger partial charge in [-0.2, -0.15) is 5.10 Å². The van der Waals surface area contributed by atoms with E-state index in [4.69, 9.17) is 16.0 Å². The molecule has 2 aromatic heterocycles. The third-order valence-corrected chi connectivity index (χ3v) is 8.45. The van der Waals surface area contributed by atoms with Crippen LogP contribution in [0.1, 0.15) is 21.7 Å². The van der Waals surface area contributed by atoms with Gasteiger partial charge in [0.15, 0.2) is 0 Å². The Balaban J connectivity index is 1.35. The van der Waals surface area contributed by atoms with Gasteiger partial charge in [-0.05, 0) is 49.2 Å². The molecule has 10 nitrogen and oxygen atoms in total. The third-order valence-electron chi connectivity index (χ3n) is 6.68. The van der Waals surface area contributed by atoms with Gasteiger partial charge < -0.3 is 10.6 Å². The standard InChI is InChI=1S/C27H23N7O3S2/c1-16-21-13-14-33(19-11-9-17(10-12-19)22-7-2-3-8-23(22)39(29,36)37)26(35)24(21)34(32-16)20-6-4-5-18(15-20)25-30-31-27(28)38-25/h2-12,15H,13-14H2,1H3,(H2,28,31)(H2,29,36,37). The molecule has 0 saturated carbocycles. The number of nitrogen functional groups attached to an aromatic ring is 1. The van der Waals surface area contributed by atoms with Crippen LogP contribution in [-0.4, -0.2) is 40.8 Å². The van der Waals surface area contributed by atoms with Crippen LogP contribution >= 0.6 is 11.3 Å². The lowest BCUT2D eigenvalue weighted by atomic mass is 10.0. The molecule has 1 aliphatic rings. The lowest BCUT2D eigenvalue weighted by molar-refractivity contribution is 0.0973. The maximum absolute atomic E-state index is 13.9. The number of rotatable bonds is 5. The number of amides is 1. The van der Waals surface area contributed by atoms with E-state index in [0.717, 1.165) is 22.5 Å². The Morgan fingerprint density at radius 3 is 2.41 bits per heavy atom. The lowest BCUT2D eigenvalue weighted by Crippen LogP contribution is -2.38. The summed E-state index contributed by atoms with van der Waals surface area (Å²) in [5.74, 6) is -0.167. The zero-order valence-electron chi connectivity index (χ0n) is 20.8. The van der Waals surface area contributed by atoms with Gasteiger partial charge in [0.1, 0.15) is 10.7 Å². The summed E-state index contributed by atoms with van der Waals surface area (Å²) in [4.78, 5) is 15.6. The van der Waals surface area contributed by atoms with E-state index < -0.39 is 10.0 Å². The number of anilines is 2. The smallest absolute Gasteiger partial charge is 0.277 e. The topological polar surface area (TPSA) is 150 Å². The molecule has 0 spiro atoms. The molecule has 0 radical (unpaired) electrons. The summed E-state index contributed by atoms with van der Waals surface area (Å²) in [5, 5.41) is 19.2. The van der Waals surface area contributed by atoms with Crippen LogP contribution in [0.5, 0.6) is 0 Å². The van der Waals surface area contributed by atoms with E-state index in [2.05, 4.69) is 10.2 Å². The number of hydrogen-bond acceptors (Lipinski definition) is 8. The highest BCUT2D eigenvalue weighted by molar-refractivity contribution is 7.89. The first-order chi connectivity index (χ1) is 18.7. The van der Waals surface area contributed by atoms with Crippen molar-refractivity contribution in [1.82, 2.24) is 20.0 Å². The van der Waals surface area contributed by atoms with Crippen molar-refractivity contribution >= 4 is 38.1 Å². The van der Waals surface area contributed by atoms with Crippen molar-refractivity contribution in [3.63, 3.8) is 0 Å². The molecular weight excluding hydrogens is 534 g/mol. The number of sulfonamides is 1. The number of carbonyl (C=O) groups excluding carboxylic acids is 1. The van der Waals surface area contributed by atoms with Crippen molar-refractivity contribution in [2.45, 2.75) is 18.2 Å². The SMILES string of the molecule is Cc1nn(-c2cccc(-c3nnc(N)s3)c2)c2c1CCN(c1ccc(-c3ccccc3S(N)(=O)=O)cc1)C2=O. The van der Waals surface area contributed by atoms with Crippen LogP contribution in [0.4, 0.5) is 10.8 Å². The van der Waals surface area contributed by atoms with Crippen LogP contribution in [0.15, 0.2) is 77.7 Å². The van der Waals surface area contributed by atoms with Gasteiger partial charge in [-0.3, -0.25) is 4.79 Å². The Morgan fingerprint density at radius 2 is 1.69 bits per heavy atom. The summed E-state index contributed by atoms with van der Waals surface area (Å²) in [6.07, 6.45) is 0.648. The zero-order chi connectivity index (χ0) is 27.3. The van der Waals surface area contributed by atoms with E-state index >= 15 is 0 Å². The molecule has 39 heavy (non-hydrogen) atoms. The van der Waals surface area contributed by atoms with E-state index in [0.29, 0.717) is 45.6 Å². The Bertz CT molecular complexity index is 1840. The van der Waals surface area contributed by atoms with Crippen molar-refractivity contribution in [2.24, 2.45) is 5.14 Å². The van der Waals surface area contributed by atoms with Crippen LogP contribution in [0.25, 0.3) is 27.4 Å². The van der Waals surface area contributed by atoms with E-state index in [-0.39, 0.29) is 10.8 Å². The number of nitrogens with two attached hydrogens (primary N) is 2. The molecule has 0 unspecified atom stereocenters. The first-order valence-electron chi connectivity index (χ1n) is 12.0. The van der Waals surface area contributed by atoms with Crippen LogP contribution in [0, 0.1) is 6.92 Å². The van der Waals surface area contributed by atoms with E-state index in [9.17, 15) is 13.2 Å². The number of benzene rings is 3. The van der Waals surface area contributed by atoms with Gasteiger partial charge in [0.05, 0.1) is 16.3 Å². The molecule has 1 aliphatic heterocycles. The number of aryl methyl sites for hydroxylation is 1. The average molecular weight is 558 g/mol. The average Bonchev–Trinajstić information content (AvgIpc) is 3.52. The minimum Gasteiger partial charge on any atom is -0.374 e. The van der Waals surface area contributed by atoms with Crippen molar-refractivity contribution < 1.29 is 13.2 Å². The molecule has 5 aromatic rings. The molecule has 3 heterocycles. The highest BCUT2D eigenvalue weighted by Gasteiger charge is 2.32. The Morgan fingerprint density at radius 1 is 0.923 bits per heavy atom. The number of aromatic nitrogens is 4. The highest BCUT2D eigenvalue weighted by atomic mass is 32.2. The van der Waals surface area contributed by atoms with Gasteiger partial charge >= 0.3 is 0 Å². The molecule has 0 fully saturated rings. The van der Waals surface area contributed by atoms with Gasteiger partial charge in [0.25, 0.3) is 5.91 Å². The molecule has 6 rings (SSSR count). The second-order valence-corrected chi connectivity index (χ2v) is 11.7. The molecule has 0 aliphatic carbocycles. The van der Waals surface area contributed by atoms with E-state index in [1.807, 2.05) is 43.3 Å². The monoisotopic (exact) mass is 557 g/mol. The molecule has 1 amide bonds. The van der Waals surface area contributed by atoms with Crippen molar-refractivity contribution in [3.05, 3.63) is 89.7 Å². The van der Waals surface area contributed by atoms with Crippen LogP contribution in [0.3, 0.4) is 0 Å². The number of nitrogens with zero attached hydrogens (tertiary/aromatic N) is 5. The zero-order valence-corrected chi connectivity index (χ0v) is 22.4. The predicted octanol–water partition coefficient (Wildman–Crippen LogP) is 3.80. The van der Waals surface area contributed by atoms with Gasteiger partial charge in [-0.1, -0.05) is 53.8 Å². The fraction of sp³-hybridized carbons (Fsp3) is 0.111. The lowest BCUT2D eigenvalue weighted by Gasteiger charge is -2.28. The van der Waals surface area contributed by atoms with Crippen molar-refractivity contribution in [2.75, 3.05) is 17.2 Å². The molecule has 0 bridgehead atoms. The summed E-state index contributed by atoms with van der Waals surface area (Å²) in [6, 6.07) is 21.4. The number of carbonyl (C=O) groups is 1. The first kappa shape index (κ1) is 24.9. The fourth-order valence-electron chi connectivity index (χ4n) is 4.86. The van der Waals surface area contributed by atoms with Crippen molar-refractivity contribution in [1.29, 1.82) is 0 Å². The molecular formula is C27H23N7O3S2. The third kappa shape index (κ3) is 4.48. The molecule has 196 valence electrons. The van der Waals surface area contributed by atoms with Gasteiger partial charge in [-0.15, -0.1) is 10.2 Å².